The van der Waals surface area contributed by atoms with Gasteiger partial charge in [0.25, 0.3) is 0 Å². The minimum Gasteiger partial charge on any atom is -0.463 e. The van der Waals surface area contributed by atoms with Crippen LogP contribution in [0.3, 0.4) is 0 Å². The summed E-state index contributed by atoms with van der Waals surface area (Å²) in [5, 5.41) is 6.03. The molecule has 4 heteroatoms. The van der Waals surface area contributed by atoms with Gasteiger partial charge in [-0.1, -0.05) is 72.8 Å². The lowest BCUT2D eigenvalue weighted by molar-refractivity contribution is -0.137. The Morgan fingerprint density at radius 3 is 2.45 bits per heavy atom. The molecule has 4 rings (SSSR count). The van der Waals surface area contributed by atoms with Crippen LogP contribution < -0.4 is 0 Å². The van der Waals surface area contributed by atoms with E-state index in [1.165, 1.54) is 11.6 Å². The Morgan fingerprint density at radius 1 is 0.966 bits per heavy atom. The molecule has 0 radical (unpaired) electrons. The van der Waals surface area contributed by atoms with Gasteiger partial charge in [0, 0.05) is 17.0 Å². The fourth-order valence-electron chi connectivity index (χ4n) is 3.32. The lowest BCUT2D eigenvalue weighted by atomic mass is 10.1. The maximum Gasteiger partial charge on any atom is 0.330 e. The van der Waals surface area contributed by atoms with Gasteiger partial charge >= 0.3 is 5.97 Å². The molecule has 0 aliphatic carbocycles. The third-order valence-corrected chi connectivity index (χ3v) is 4.72. The van der Waals surface area contributed by atoms with Crippen molar-refractivity contribution in [2.24, 2.45) is 0 Å². The van der Waals surface area contributed by atoms with Gasteiger partial charge in [-0.3, -0.25) is 4.68 Å². The highest BCUT2D eigenvalue weighted by molar-refractivity contribution is 5.93. The molecular formula is C25H22N2O2. The zero-order valence-electron chi connectivity index (χ0n) is 16.3. The second-order valence-electron chi connectivity index (χ2n) is 6.72. The molecule has 0 amide bonds. The average molecular weight is 382 g/mol. The molecule has 0 bridgehead atoms. The van der Waals surface area contributed by atoms with Crippen molar-refractivity contribution in [2.75, 3.05) is 6.61 Å². The van der Waals surface area contributed by atoms with Crippen molar-refractivity contribution < 1.29 is 9.53 Å². The fraction of sp³-hybridized carbons (Fsp3) is 0.120. The van der Waals surface area contributed by atoms with Gasteiger partial charge in [0.2, 0.25) is 0 Å². The van der Waals surface area contributed by atoms with E-state index in [1.807, 2.05) is 54.6 Å². The van der Waals surface area contributed by atoms with E-state index in [0.29, 0.717) is 6.61 Å². The summed E-state index contributed by atoms with van der Waals surface area (Å²) in [6, 6.07) is 26.7. The lowest BCUT2D eigenvalue weighted by Crippen LogP contribution is -2.01. The Labute approximate surface area is 170 Å². The van der Waals surface area contributed by atoms with E-state index in [2.05, 4.69) is 28.9 Å². The van der Waals surface area contributed by atoms with Crippen molar-refractivity contribution >= 4 is 22.9 Å². The van der Waals surface area contributed by atoms with Crippen molar-refractivity contribution in [1.82, 2.24) is 9.78 Å². The van der Waals surface area contributed by atoms with Gasteiger partial charge in [-0.2, -0.15) is 5.10 Å². The van der Waals surface area contributed by atoms with Crippen LogP contribution in [-0.2, 0) is 16.1 Å². The number of hydrogen-bond donors (Lipinski definition) is 0. The van der Waals surface area contributed by atoms with E-state index in [4.69, 9.17) is 9.84 Å². The van der Waals surface area contributed by atoms with Crippen LogP contribution in [0.4, 0.5) is 0 Å². The molecular weight excluding hydrogens is 360 g/mol. The number of fused-ring (bicyclic) bond motifs is 1. The fourth-order valence-corrected chi connectivity index (χ4v) is 3.32. The maximum atomic E-state index is 11.5. The normalized spacial score (nSPS) is 11.2. The van der Waals surface area contributed by atoms with Gasteiger partial charge in [0.1, 0.15) is 5.69 Å². The molecule has 144 valence electrons. The number of nitrogens with zero attached hydrogens (tertiary/aromatic N) is 2. The standard InChI is InChI=1S/C25H22N2O2/c1-2-29-24(28)17-14-19-12-15-21(16-13-19)25-22-10-6-7-11-23(22)27(26-25)18-20-8-4-3-5-9-20/h3-17H,2,18H2,1H3/b17-14+. The Hall–Kier alpha value is -3.66. The number of carbonyl (C=O) groups excluding carboxylic acids is 1. The van der Waals surface area contributed by atoms with E-state index in [0.717, 1.165) is 34.3 Å². The monoisotopic (exact) mass is 382 g/mol. The average Bonchev–Trinajstić information content (AvgIpc) is 3.12. The van der Waals surface area contributed by atoms with E-state index < -0.39 is 0 Å². The molecule has 1 heterocycles. The van der Waals surface area contributed by atoms with Crippen molar-refractivity contribution in [3.8, 4) is 11.3 Å². The van der Waals surface area contributed by atoms with Crippen LogP contribution in [0, 0.1) is 0 Å². The number of carbonyl (C=O) groups is 1. The van der Waals surface area contributed by atoms with E-state index in [1.54, 1.807) is 13.0 Å². The van der Waals surface area contributed by atoms with E-state index in [-0.39, 0.29) is 5.97 Å². The zero-order chi connectivity index (χ0) is 20.1. The summed E-state index contributed by atoms with van der Waals surface area (Å²) < 4.78 is 6.97. The van der Waals surface area contributed by atoms with Crippen molar-refractivity contribution in [1.29, 1.82) is 0 Å². The summed E-state index contributed by atoms with van der Waals surface area (Å²) in [6.45, 7) is 2.89. The number of rotatable bonds is 6. The minimum absolute atomic E-state index is 0.331. The molecule has 0 aliphatic heterocycles. The van der Waals surface area contributed by atoms with Crippen LogP contribution in [0.2, 0.25) is 0 Å². The highest BCUT2D eigenvalue weighted by Crippen LogP contribution is 2.28. The van der Waals surface area contributed by atoms with Gasteiger partial charge in [-0.25, -0.2) is 4.79 Å². The smallest absolute Gasteiger partial charge is 0.330 e. The maximum absolute atomic E-state index is 11.5. The van der Waals surface area contributed by atoms with Gasteiger partial charge in [-0.15, -0.1) is 0 Å². The molecule has 1 aromatic heterocycles. The summed E-state index contributed by atoms with van der Waals surface area (Å²) in [5.41, 5.74) is 5.26. The molecule has 0 fully saturated rings. The molecule has 0 atom stereocenters. The lowest BCUT2D eigenvalue weighted by Gasteiger charge is -2.03. The van der Waals surface area contributed by atoms with Crippen LogP contribution in [0.15, 0.2) is 84.9 Å². The molecule has 29 heavy (non-hydrogen) atoms. The predicted octanol–water partition coefficient (Wildman–Crippen LogP) is 5.33. The van der Waals surface area contributed by atoms with Crippen molar-refractivity contribution in [3.05, 3.63) is 96.1 Å². The van der Waals surface area contributed by atoms with Crippen LogP contribution in [-0.4, -0.2) is 22.4 Å². The number of hydrogen-bond acceptors (Lipinski definition) is 3. The zero-order valence-corrected chi connectivity index (χ0v) is 16.3. The Bertz CT molecular complexity index is 1140. The van der Waals surface area contributed by atoms with Crippen LogP contribution >= 0.6 is 0 Å². The summed E-state index contributed by atoms with van der Waals surface area (Å²) in [7, 11) is 0. The predicted molar refractivity (Wildman–Crippen MR) is 116 cm³/mol. The molecule has 0 N–H and O–H groups in total. The largest absolute Gasteiger partial charge is 0.463 e. The SMILES string of the molecule is CCOC(=O)/C=C/c1ccc(-c2nn(Cc3ccccc3)c3ccccc23)cc1. The van der Waals surface area contributed by atoms with Crippen LogP contribution in [0.1, 0.15) is 18.1 Å². The second kappa shape index (κ2) is 8.57. The molecule has 4 aromatic rings. The van der Waals surface area contributed by atoms with E-state index >= 15 is 0 Å². The molecule has 0 aliphatic rings. The molecule has 4 nitrogen and oxygen atoms in total. The molecule has 0 unspecified atom stereocenters. The first-order chi connectivity index (χ1) is 14.2. The number of aromatic nitrogens is 2. The quantitative estimate of drug-likeness (QED) is 0.334. The van der Waals surface area contributed by atoms with Crippen LogP contribution in [0.5, 0.6) is 0 Å². The molecule has 0 saturated heterocycles. The van der Waals surface area contributed by atoms with Gasteiger partial charge in [0.05, 0.1) is 18.7 Å². The third-order valence-electron chi connectivity index (χ3n) is 4.72. The molecule has 3 aromatic carbocycles. The first-order valence-corrected chi connectivity index (χ1v) is 9.69. The first-order valence-electron chi connectivity index (χ1n) is 9.69. The molecule has 0 spiro atoms. The third kappa shape index (κ3) is 4.27. The molecule has 0 saturated carbocycles. The highest BCUT2D eigenvalue weighted by Gasteiger charge is 2.12. The summed E-state index contributed by atoms with van der Waals surface area (Å²) in [4.78, 5) is 11.5. The van der Waals surface area contributed by atoms with Gasteiger partial charge in [0.15, 0.2) is 0 Å². The highest BCUT2D eigenvalue weighted by atomic mass is 16.5. The number of benzene rings is 3. The van der Waals surface area contributed by atoms with Crippen molar-refractivity contribution in [3.63, 3.8) is 0 Å². The number of ether oxygens (including phenoxy) is 1. The van der Waals surface area contributed by atoms with E-state index in [9.17, 15) is 4.79 Å². The Balaban J connectivity index is 1.65. The Morgan fingerprint density at radius 2 is 1.69 bits per heavy atom. The first kappa shape index (κ1) is 18.7. The summed E-state index contributed by atoms with van der Waals surface area (Å²) in [5.74, 6) is -0.331. The van der Waals surface area contributed by atoms with Gasteiger partial charge in [-0.05, 0) is 30.2 Å². The number of esters is 1. The summed E-state index contributed by atoms with van der Waals surface area (Å²) in [6.07, 6.45) is 3.20. The number of para-hydroxylation sites is 1. The second-order valence-corrected chi connectivity index (χ2v) is 6.72. The Kier molecular flexibility index (Phi) is 5.52. The van der Waals surface area contributed by atoms with Crippen LogP contribution in [0.25, 0.3) is 28.2 Å². The minimum atomic E-state index is -0.331. The van der Waals surface area contributed by atoms with Crippen molar-refractivity contribution in [2.45, 2.75) is 13.5 Å². The summed E-state index contributed by atoms with van der Waals surface area (Å²) >= 11 is 0. The topological polar surface area (TPSA) is 44.1 Å². The van der Waals surface area contributed by atoms with Gasteiger partial charge < -0.3 is 4.74 Å².